The van der Waals surface area contributed by atoms with E-state index in [1.54, 1.807) is 35.2 Å². The fraction of sp³-hybridized carbons (Fsp3) is 0.515. The minimum absolute atomic E-state index is 0.0314. The molecule has 0 radical (unpaired) electrons. The van der Waals surface area contributed by atoms with E-state index >= 15 is 0 Å². The molecule has 49 heavy (non-hydrogen) atoms. The smallest absolute Gasteiger partial charge is 0.318 e. The number of alkyl halides is 2. The third kappa shape index (κ3) is 7.08. The number of hydrogen-bond acceptors (Lipinski definition) is 9. The van der Waals surface area contributed by atoms with Crippen LogP contribution in [0.5, 0.6) is 0 Å². The van der Waals surface area contributed by atoms with Gasteiger partial charge in [-0.3, -0.25) is 14.4 Å². The highest BCUT2D eigenvalue weighted by Gasteiger charge is 2.57. The molecule has 3 aliphatic carbocycles. The molecule has 2 aromatic rings. The van der Waals surface area contributed by atoms with Gasteiger partial charge in [0.1, 0.15) is 11.6 Å². The largest absolute Gasteiger partial charge is 0.410 e. The zero-order valence-electron chi connectivity index (χ0n) is 27.0. The van der Waals surface area contributed by atoms with Crippen molar-refractivity contribution in [1.82, 2.24) is 31.0 Å². The minimum atomic E-state index is -2.87. The zero-order valence-corrected chi connectivity index (χ0v) is 27.0. The van der Waals surface area contributed by atoms with Gasteiger partial charge in [0.05, 0.1) is 18.0 Å². The number of anilines is 1. The molecular formula is C33H39F2N9O5. The normalized spacial score (nSPS) is 23.2. The maximum absolute atomic E-state index is 14.1. The van der Waals surface area contributed by atoms with Crippen molar-refractivity contribution in [2.45, 2.75) is 82.3 Å². The van der Waals surface area contributed by atoms with E-state index in [2.05, 4.69) is 36.6 Å². The average molecular weight is 680 g/mol. The molecule has 5 amide bonds. The summed E-state index contributed by atoms with van der Waals surface area (Å²) in [5.74, 6) is -5.50. The number of nitrogens with zero attached hydrogens (tertiary/aromatic N) is 4. The molecule has 1 saturated heterocycles. The summed E-state index contributed by atoms with van der Waals surface area (Å²) >= 11 is 0. The number of hydrogen-bond donors (Lipinski definition) is 6. The molecule has 6 N–H and O–H groups in total. The highest BCUT2D eigenvalue weighted by atomic mass is 19.3. The standard InChI is InChI=1S/C33H39F2N9O5/c1-19(36)25(43-49)27(45)41-26(20-6-8-33(34,35)9-7-20)28(46)40-23-5-4-21-14-32(15-22(21)13-23,29(47)37-16-24-3-2-12-39-42-24)44-18-31(10-11-31)17-38-30(44)48/h2-5,12-13,20,26,36,49H,6-11,14-18H2,1H3,(H,37,47)(H,38,48)(H,40,46)(H,41,45)/t26-,32?/m0/s1. The number of benzene rings is 1. The summed E-state index contributed by atoms with van der Waals surface area (Å²) in [6.07, 6.45) is 2.89. The molecule has 2 heterocycles. The van der Waals surface area contributed by atoms with Gasteiger partial charge in [-0.2, -0.15) is 10.2 Å². The summed E-state index contributed by atoms with van der Waals surface area (Å²) in [6.45, 7) is 2.35. The van der Waals surface area contributed by atoms with E-state index in [0.717, 1.165) is 24.0 Å². The number of halogens is 2. The van der Waals surface area contributed by atoms with E-state index in [1.807, 2.05) is 0 Å². The minimum Gasteiger partial charge on any atom is -0.410 e. The fourth-order valence-electron chi connectivity index (χ4n) is 7.16. The highest BCUT2D eigenvalue weighted by molar-refractivity contribution is 6.65. The third-order valence-corrected chi connectivity index (χ3v) is 10.2. The Bertz CT molecular complexity index is 1690. The van der Waals surface area contributed by atoms with Crippen LogP contribution in [0, 0.1) is 16.7 Å². The number of oxime groups is 1. The Morgan fingerprint density at radius 1 is 1.14 bits per heavy atom. The van der Waals surface area contributed by atoms with E-state index in [-0.39, 0.29) is 55.3 Å². The van der Waals surface area contributed by atoms with Crippen molar-refractivity contribution in [3.8, 4) is 0 Å². The van der Waals surface area contributed by atoms with Gasteiger partial charge in [-0.25, -0.2) is 13.6 Å². The van der Waals surface area contributed by atoms with Crippen LogP contribution in [0.2, 0.25) is 0 Å². The van der Waals surface area contributed by atoms with Crippen LogP contribution in [0.25, 0.3) is 0 Å². The summed E-state index contributed by atoms with van der Waals surface area (Å²) in [6, 6.07) is 7.02. The summed E-state index contributed by atoms with van der Waals surface area (Å²) in [5, 5.41) is 39.0. The number of carbonyl (C=O) groups excluding carboxylic acids is 4. The van der Waals surface area contributed by atoms with E-state index < -0.39 is 53.8 Å². The second-order valence-corrected chi connectivity index (χ2v) is 13.7. The maximum atomic E-state index is 14.1. The first-order valence-electron chi connectivity index (χ1n) is 16.3. The number of aromatic nitrogens is 2. The molecule has 0 bridgehead atoms. The van der Waals surface area contributed by atoms with Gasteiger partial charge >= 0.3 is 6.03 Å². The number of amides is 5. The monoisotopic (exact) mass is 679 g/mol. The molecule has 260 valence electrons. The van der Waals surface area contributed by atoms with Crippen LogP contribution in [0.4, 0.5) is 19.3 Å². The van der Waals surface area contributed by atoms with Crippen molar-refractivity contribution in [3.05, 3.63) is 53.3 Å². The summed E-state index contributed by atoms with van der Waals surface area (Å²) < 4.78 is 28.0. The molecule has 1 aliphatic heterocycles. The first-order chi connectivity index (χ1) is 23.3. The maximum Gasteiger partial charge on any atom is 0.318 e. The lowest BCUT2D eigenvalue weighted by atomic mass is 9.81. The lowest BCUT2D eigenvalue weighted by molar-refractivity contribution is -0.132. The van der Waals surface area contributed by atoms with Crippen molar-refractivity contribution >= 4 is 40.9 Å². The van der Waals surface area contributed by atoms with Crippen molar-refractivity contribution in [3.63, 3.8) is 0 Å². The van der Waals surface area contributed by atoms with E-state index in [1.165, 1.54) is 13.1 Å². The molecule has 1 spiro atoms. The van der Waals surface area contributed by atoms with Crippen LogP contribution in [0.1, 0.15) is 62.3 Å². The topological polar surface area (TPSA) is 202 Å². The number of urea groups is 1. The van der Waals surface area contributed by atoms with Crippen LogP contribution in [0.3, 0.4) is 0 Å². The quantitative estimate of drug-likeness (QED) is 0.126. The first kappa shape index (κ1) is 33.9. The summed E-state index contributed by atoms with van der Waals surface area (Å²) in [7, 11) is 0. The molecule has 1 aromatic heterocycles. The van der Waals surface area contributed by atoms with Crippen LogP contribution in [0.15, 0.2) is 41.7 Å². The Labute approximate surface area is 281 Å². The fourth-order valence-corrected chi connectivity index (χ4v) is 7.16. The van der Waals surface area contributed by atoms with Gasteiger partial charge < -0.3 is 36.8 Å². The summed E-state index contributed by atoms with van der Waals surface area (Å²) in [5.41, 5.74) is 0.211. The van der Waals surface area contributed by atoms with Gasteiger partial charge in [-0.1, -0.05) is 11.2 Å². The van der Waals surface area contributed by atoms with Crippen LogP contribution in [-0.2, 0) is 33.8 Å². The number of fused-ring (bicyclic) bond motifs is 1. The number of rotatable bonds is 10. The van der Waals surface area contributed by atoms with Crippen molar-refractivity contribution in [2.24, 2.45) is 16.5 Å². The van der Waals surface area contributed by atoms with Crippen LogP contribution >= 0.6 is 0 Å². The molecule has 2 atom stereocenters. The van der Waals surface area contributed by atoms with Crippen LogP contribution < -0.4 is 21.3 Å². The van der Waals surface area contributed by atoms with Gasteiger partial charge in [0.15, 0.2) is 5.71 Å². The van der Waals surface area contributed by atoms with E-state index in [0.29, 0.717) is 24.5 Å². The first-order valence-corrected chi connectivity index (χ1v) is 16.3. The second kappa shape index (κ2) is 13.1. The van der Waals surface area contributed by atoms with E-state index in [4.69, 9.17) is 5.41 Å². The second-order valence-electron chi connectivity index (χ2n) is 13.7. The van der Waals surface area contributed by atoms with Gasteiger partial charge in [-0.05, 0) is 73.9 Å². The molecular weight excluding hydrogens is 640 g/mol. The molecule has 4 aliphatic rings. The summed E-state index contributed by atoms with van der Waals surface area (Å²) in [4.78, 5) is 55.7. The predicted octanol–water partition coefficient (Wildman–Crippen LogP) is 2.55. The number of carbonyl (C=O) groups is 4. The van der Waals surface area contributed by atoms with Crippen molar-refractivity contribution < 1.29 is 33.2 Å². The Balaban J connectivity index is 1.24. The molecule has 16 heteroatoms. The van der Waals surface area contributed by atoms with Crippen LogP contribution in [-0.4, -0.2) is 86.1 Å². The van der Waals surface area contributed by atoms with Gasteiger partial charge in [0.2, 0.25) is 17.7 Å². The average Bonchev–Trinajstić information content (AvgIpc) is 3.72. The predicted molar refractivity (Wildman–Crippen MR) is 172 cm³/mol. The number of nitrogens with one attached hydrogen (secondary N) is 5. The van der Waals surface area contributed by atoms with Gasteiger partial charge in [-0.15, -0.1) is 0 Å². The van der Waals surface area contributed by atoms with Gasteiger partial charge in [0, 0.05) is 56.1 Å². The molecule has 14 nitrogen and oxygen atoms in total. The van der Waals surface area contributed by atoms with Crippen molar-refractivity contribution in [1.29, 1.82) is 5.41 Å². The lowest BCUT2D eigenvalue weighted by Gasteiger charge is -2.44. The Hall–Kier alpha value is -5.02. The van der Waals surface area contributed by atoms with Gasteiger partial charge in [0.25, 0.3) is 5.91 Å². The molecule has 6 rings (SSSR count). The molecule has 1 aromatic carbocycles. The zero-order chi connectivity index (χ0) is 35.0. The Morgan fingerprint density at radius 2 is 1.88 bits per heavy atom. The van der Waals surface area contributed by atoms with Crippen molar-refractivity contribution in [2.75, 3.05) is 18.4 Å². The molecule has 3 fully saturated rings. The molecule has 1 unspecified atom stereocenters. The SMILES string of the molecule is CC(=N)C(=NO)C(=O)N[C@H](C(=O)Nc1ccc2c(c1)CC(C(=O)NCc1cccnn1)(N1CC3(CC3)CNC1=O)C2)C1CCC(F)(F)CC1. The lowest BCUT2D eigenvalue weighted by Crippen LogP contribution is -2.67. The van der Waals surface area contributed by atoms with E-state index in [9.17, 15) is 33.2 Å². The Kier molecular flexibility index (Phi) is 9.07. The molecule has 2 saturated carbocycles. The third-order valence-electron chi connectivity index (χ3n) is 10.2. The Morgan fingerprint density at radius 3 is 2.53 bits per heavy atom. The highest BCUT2D eigenvalue weighted by Crippen LogP contribution is 2.50.